The third-order valence-corrected chi connectivity index (χ3v) is 16.8. The Labute approximate surface area is 416 Å². The van der Waals surface area contributed by atoms with Crippen molar-refractivity contribution in [3.05, 3.63) is 56.1 Å². The Hall–Kier alpha value is -4.82. The largest absolute Gasteiger partial charge is 0.756 e. The summed E-state index contributed by atoms with van der Waals surface area (Å²) in [6.07, 6.45) is -15.0. The Bertz CT molecular complexity index is 3320. The molecule has 0 spiro atoms. The lowest BCUT2D eigenvalue weighted by atomic mass is 9.99. The minimum Gasteiger partial charge on any atom is -0.756 e. The molecule has 414 valence electrons. The van der Waals surface area contributed by atoms with Gasteiger partial charge in [-0.15, -0.1) is 0 Å². The van der Waals surface area contributed by atoms with E-state index in [4.69, 9.17) is 59.0 Å². The minimum absolute atomic E-state index is 0.0258. The summed E-state index contributed by atoms with van der Waals surface area (Å²) in [6.45, 7) is -3.65. The first kappa shape index (κ1) is 56.4. The molecule has 0 aliphatic carbocycles. The number of anilines is 3. The minimum atomic E-state index is -6.20. The highest BCUT2D eigenvalue weighted by atomic mass is 31.3. The van der Waals surface area contributed by atoms with Crippen LogP contribution in [0.1, 0.15) is 18.7 Å². The number of aromatic amines is 2. The predicted molar refractivity (Wildman–Crippen MR) is 239 cm³/mol. The molecule has 0 amide bonds. The molecule has 8 rings (SSSR count). The average Bonchev–Trinajstić information content (AvgIpc) is 4.10. The number of nitrogens with one attached hydrogen (secondary N) is 2. The fraction of sp³-hybridized carbons (Fsp3) is 0.576. The third kappa shape index (κ3) is 12.0. The summed E-state index contributed by atoms with van der Waals surface area (Å²) >= 11 is 0. The van der Waals surface area contributed by atoms with E-state index in [1.807, 2.05) is 0 Å². The summed E-state index contributed by atoms with van der Waals surface area (Å²) in [5.74, 6) is -1.91. The zero-order valence-corrected chi connectivity index (χ0v) is 42.2. The normalized spacial score (nSPS) is 30.4. The van der Waals surface area contributed by atoms with Gasteiger partial charge in [-0.3, -0.25) is 46.9 Å². The smallest absolute Gasteiger partial charge is 0.490 e. The number of methoxy groups -OCH3 is 2. The summed E-state index contributed by atoms with van der Waals surface area (Å²) in [6, 6.07) is 1.13. The molecule has 42 heteroatoms. The van der Waals surface area contributed by atoms with E-state index in [0.29, 0.717) is 0 Å². The van der Waals surface area contributed by atoms with Crippen LogP contribution in [0.25, 0.3) is 22.3 Å². The van der Waals surface area contributed by atoms with Crippen molar-refractivity contribution >= 4 is 71.3 Å². The highest BCUT2D eigenvalue weighted by Crippen LogP contribution is 2.68. The molecule has 0 bridgehead atoms. The molecule has 0 saturated carbocycles. The average molecular weight is 1150 g/mol. The van der Waals surface area contributed by atoms with Gasteiger partial charge in [0.1, 0.15) is 48.5 Å². The number of phosphoric ester groups is 3. The van der Waals surface area contributed by atoms with Gasteiger partial charge in [0.25, 0.3) is 24.9 Å². The number of aliphatic hydroxyl groups is 3. The molecule has 16 atom stereocenters. The quantitative estimate of drug-likeness (QED) is 0.0242. The van der Waals surface area contributed by atoms with E-state index in [-0.39, 0.29) is 46.6 Å². The molecule has 3 aliphatic heterocycles. The van der Waals surface area contributed by atoms with Crippen molar-refractivity contribution in [3.8, 4) is 0 Å². The maximum absolute atomic E-state index is 13.5. The molecule has 14 N–H and O–H groups in total. The summed E-state index contributed by atoms with van der Waals surface area (Å²) in [7, 11) is -20.0. The second-order valence-corrected chi connectivity index (χ2v) is 22.5. The molecule has 5 aromatic heterocycles. The van der Waals surface area contributed by atoms with Gasteiger partial charge in [0, 0.05) is 26.3 Å². The fourth-order valence-electron chi connectivity index (χ4n) is 8.33. The van der Waals surface area contributed by atoms with Crippen LogP contribution in [0.3, 0.4) is 0 Å². The standard InChI is InChI=1S/C33H47N13O25P4/c1-43-11-46(25-18(43)27(51)42-32(36)40-25)28-19(47)12(6-61-2)13(66-28)7-64-73(55,56)70-75(59,60)71-74(57,58)65-9-15-22(23(62-3)30(68-15)44-5-4-16(34)38-33(44)52)69-72(53,54)63-8-14-20(48)21(49)29(67-14)45-10-37-17-24(45)39-31(35)41-26(17)50/h4-5,10-15,19-23,28-30,47-49H,6-9H2,1-3H3,(H11-,34,35,36,38,39,40,41,42,50,51,52,53,54,55,56,57,58,59,60)/t12-,13-,14-,15?,19-,20-,21-,22-,23-,28-,29-,30-/m1/s1. The first-order valence-electron chi connectivity index (χ1n) is 21.3. The molecular weight excluding hydrogens is 1100 g/mol. The lowest BCUT2D eigenvalue weighted by Crippen LogP contribution is -2.45. The Morgan fingerprint density at radius 1 is 0.760 bits per heavy atom. The molecule has 3 saturated heterocycles. The number of imidazole rings is 2. The molecule has 75 heavy (non-hydrogen) atoms. The molecule has 3 aliphatic rings. The number of phosphoric acid groups is 4. The van der Waals surface area contributed by atoms with E-state index in [1.165, 1.54) is 29.6 Å². The van der Waals surface area contributed by atoms with E-state index in [9.17, 15) is 67.5 Å². The van der Waals surface area contributed by atoms with Crippen LogP contribution in [0.5, 0.6) is 0 Å². The molecular formula is C33H47N13O25P4. The number of H-pyrrole nitrogens is 2. The monoisotopic (exact) mass is 1150 g/mol. The van der Waals surface area contributed by atoms with Gasteiger partial charge in [-0.05, 0) is 6.07 Å². The molecule has 5 aromatic rings. The topological polar surface area (TPSA) is 545 Å². The first-order chi connectivity index (χ1) is 35.1. The number of nitrogen functional groups attached to an aromatic ring is 3. The van der Waals surface area contributed by atoms with Crippen LogP contribution in [-0.4, -0.2) is 163 Å². The Morgan fingerprint density at radius 3 is 2.04 bits per heavy atom. The van der Waals surface area contributed by atoms with Crippen molar-refractivity contribution in [2.45, 2.75) is 67.5 Å². The molecule has 0 radical (unpaired) electrons. The van der Waals surface area contributed by atoms with Crippen molar-refractivity contribution < 1.29 is 108 Å². The number of ether oxygens (including phenoxy) is 5. The molecule has 3 fully saturated rings. The van der Waals surface area contributed by atoms with Crippen molar-refractivity contribution in [2.75, 3.05) is 57.8 Å². The van der Waals surface area contributed by atoms with Gasteiger partial charge in [0.2, 0.25) is 17.7 Å². The van der Waals surface area contributed by atoms with Crippen molar-refractivity contribution in [1.82, 2.24) is 43.6 Å². The van der Waals surface area contributed by atoms with E-state index in [1.54, 1.807) is 0 Å². The lowest BCUT2D eigenvalue weighted by molar-refractivity contribution is -0.745. The van der Waals surface area contributed by atoms with Gasteiger partial charge in [-0.25, -0.2) is 28.0 Å². The number of aromatic nitrogens is 10. The number of hydrogen-bond acceptors (Lipinski definition) is 29. The Kier molecular flexibility index (Phi) is 16.2. The zero-order valence-electron chi connectivity index (χ0n) is 38.6. The lowest BCUT2D eigenvalue weighted by Gasteiger charge is -2.31. The van der Waals surface area contributed by atoms with Crippen LogP contribution in [0, 0.1) is 5.92 Å². The molecule has 38 nitrogen and oxygen atoms in total. The summed E-state index contributed by atoms with van der Waals surface area (Å²) in [5.41, 5.74) is 14.1. The van der Waals surface area contributed by atoms with Gasteiger partial charge in [-0.2, -0.15) is 18.6 Å². The van der Waals surface area contributed by atoms with E-state index < -0.39 is 141 Å². The number of aliphatic hydroxyl groups excluding tert-OH is 3. The van der Waals surface area contributed by atoms with Gasteiger partial charge in [-0.1, -0.05) is 4.98 Å². The summed E-state index contributed by atoms with van der Waals surface area (Å²) in [5, 5.41) is 32.8. The third-order valence-electron chi connectivity index (χ3n) is 11.6. The zero-order chi connectivity index (χ0) is 54.7. The predicted octanol–water partition coefficient (Wildman–Crippen LogP) is -5.02. The number of nitrogens with two attached hydrogens (primary N) is 3. The molecule has 8 heterocycles. The Balaban J connectivity index is 0.925. The van der Waals surface area contributed by atoms with Crippen LogP contribution in [0.15, 0.2) is 39.3 Å². The van der Waals surface area contributed by atoms with Crippen LogP contribution in [-0.2, 0) is 75.7 Å². The van der Waals surface area contributed by atoms with Crippen LogP contribution in [0.4, 0.5) is 17.7 Å². The second-order valence-electron chi connectivity index (χ2n) is 16.5. The SMILES string of the molecule is COC[C@H]1[C@@H](O)[C@H]([n+]2cn(C)c3c(=O)[nH]c(N)nc32)O[C@@H]1COP(=O)(O)OP(=O)(O)OP(=O)(O)OCC1O[C@@H](n2ccc(N)nc2=O)[C@H](OC)[C@@H]1OP(=O)([O-])OC[C@H]1O[C@@H](n2cnc3c(=O)[nH]c(N)nc32)[C@H](O)[C@@H]1O. The number of aryl methyl sites for hydroxylation is 1. The fourth-order valence-corrected chi connectivity index (χ4v) is 12.8. The maximum atomic E-state index is 13.5. The van der Waals surface area contributed by atoms with Gasteiger partial charge >= 0.3 is 34.8 Å². The van der Waals surface area contributed by atoms with E-state index >= 15 is 0 Å². The highest BCUT2D eigenvalue weighted by molar-refractivity contribution is 7.66. The van der Waals surface area contributed by atoms with Gasteiger partial charge < -0.3 is 84.8 Å². The molecule has 0 aromatic carbocycles. The second kappa shape index (κ2) is 21.5. The Morgan fingerprint density at radius 2 is 1.39 bits per heavy atom. The van der Waals surface area contributed by atoms with Crippen molar-refractivity contribution in [1.29, 1.82) is 0 Å². The van der Waals surface area contributed by atoms with Crippen LogP contribution in [0.2, 0.25) is 0 Å². The van der Waals surface area contributed by atoms with Crippen LogP contribution >= 0.6 is 31.3 Å². The number of rotatable bonds is 21. The van der Waals surface area contributed by atoms with Crippen molar-refractivity contribution in [2.24, 2.45) is 13.0 Å². The maximum Gasteiger partial charge on any atom is 0.490 e. The number of fused-ring (bicyclic) bond motifs is 2. The van der Waals surface area contributed by atoms with Gasteiger partial charge in [0.15, 0.2) is 29.9 Å². The molecule has 5 unspecified atom stereocenters. The highest BCUT2D eigenvalue weighted by Gasteiger charge is 2.53. The van der Waals surface area contributed by atoms with Crippen LogP contribution < -0.4 is 43.5 Å². The van der Waals surface area contributed by atoms with E-state index in [0.717, 1.165) is 34.8 Å². The van der Waals surface area contributed by atoms with Crippen molar-refractivity contribution in [3.63, 3.8) is 0 Å². The summed E-state index contributed by atoms with van der Waals surface area (Å²) in [4.78, 5) is 103. The first-order valence-corrected chi connectivity index (χ1v) is 27.3. The number of hydrogen-bond donors (Lipinski definition) is 11. The van der Waals surface area contributed by atoms with Gasteiger partial charge in [0.05, 0.1) is 45.9 Å². The van der Waals surface area contributed by atoms with E-state index in [2.05, 4.69) is 38.5 Å². The summed E-state index contributed by atoms with van der Waals surface area (Å²) < 4.78 is 113. The number of nitrogens with zero attached hydrogens (tertiary/aromatic N) is 8.